The van der Waals surface area contributed by atoms with Crippen molar-refractivity contribution in [1.82, 2.24) is 19.1 Å². The number of rotatable bonds is 3. The van der Waals surface area contributed by atoms with Crippen LogP contribution >= 0.6 is 23.8 Å². The van der Waals surface area contributed by atoms with Gasteiger partial charge in [0.2, 0.25) is 5.95 Å². The second-order valence-electron chi connectivity index (χ2n) is 4.97. The van der Waals surface area contributed by atoms with Crippen molar-refractivity contribution in [1.29, 1.82) is 0 Å². The van der Waals surface area contributed by atoms with Gasteiger partial charge in [-0.3, -0.25) is 9.13 Å². The van der Waals surface area contributed by atoms with E-state index < -0.39 is 0 Å². The van der Waals surface area contributed by atoms with Crippen LogP contribution in [0.1, 0.15) is 5.56 Å². The van der Waals surface area contributed by atoms with Gasteiger partial charge >= 0.3 is 5.69 Å². The normalized spacial score (nSPS) is 11.0. The number of aromatic nitrogens is 4. The lowest BCUT2D eigenvalue weighted by Gasteiger charge is -2.03. The molecule has 0 aliphatic carbocycles. The molecule has 114 valence electrons. The minimum absolute atomic E-state index is 0.203. The molecular formula is C14H14ClN5OS. The lowest BCUT2D eigenvalue weighted by Crippen LogP contribution is -2.27. The minimum Gasteiger partial charge on any atom is -0.352 e. The van der Waals surface area contributed by atoms with E-state index in [0.29, 0.717) is 33.3 Å². The monoisotopic (exact) mass is 335 g/mol. The van der Waals surface area contributed by atoms with Gasteiger partial charge in [0.15, 0.2) is 5.65 Å². The summed E-state index contributed by atoms with van der Waals surface area (Å²) < 4.78 is 3.31. The molecule has 2 N–H and O–H groups in total. The Morgan fingerprint density at radius 1 is 1.36 bits per heavy atom. The molecule has 0 fully saturated rings. The SMILES string of the molecule is Cn1c(=S)c2[nH]c(NCc3cccc(Cl)c3)nc2n(C)c1=O. The number of anilines is 1. The molecule has 6 nitrogen and oxygen atoms in total. The summed E-state index contributed by atoms with van der Waals surface area (Å²) in [4.78, 5) is 19.5. The van der Waals surface area contributed by atoms with Gasteiger partial charge in [0.25, 0.3) is 0 Å². The Balaban J connectivity index is 1.96. The van der Waals surface area contributed by atoms with Gasteiger partial charge in [0.1, 0.15) is 10.2 Å². The maximum atomic E-state index is 12.0. The smallest absolute Gasteiger partial charge is 0.330 e. The van der Waals surface area contributed by atoms with E-state index in [1.807, 2.05) is 24.3 Å². The number of hydrogen-bond acceptors (Lipinski definition) is 4. The summed E-state index contributed by atoms with van der Waals surface area (Å²) in [6.07, 6.45) is 0. The first kappa shape index (κ1) is 14.8. The summed E-state index contributed by atoms with van der Waals surface area (Å²) in [6.45, 7) is 0.563. The largest absolute Gasteiger partial charge is 0.352 e. The highest BCUT2D eigenvalue weighted by atomic mass is 35.5. The molecule has 0 spiro atoms. The number of H-pyrrole nitrogens is 1. The molecule has 0 atom stereocenters. The van der Waals surface area contributed by atoms with Crippen LogP contribution in [0.5, 0.6) is 0 Å². The number of nitrogens with zero attached hydrogens (tertiary/aromatic N) is 3. The van der Waals surface area contributed by atoms with Gasteiger partial charge in [-0.25, -0.2) is 4.79 Å². The topological polar surface area (TPSA) is 67.6 Å². The number of benzene rings is 1. The van der Waals surface area contributed by atoms with Gasteiger partial charge in [-0.15, -0.1) is 0 Å². The van der Waals surface area contributed by atoms with Crippen LogP contribution in [0.25, 0.3) is 11.2 Å². The summed E-state index contributed by atoms with van der Waals surface area (Å²) in [6, 6.07) is 7.57. The molecule has 3 rings (SSSR count). The third-order valence-corrected chi connectivity index (χ3v) is 4.16. The third-order valence-electron chi connectivity index (χ3n) is 3.44. The number of nitrogens with one attached hydrogen (secondary N) is 2. The highest BCUT2D eigenvalue weighted by Gasteiger charge is 2.11. The molecule has 2 aromatic heterocycles. The molecule has 3 aromatic rings. The van der Waals surface area contributed by atoms with E-state index in [0.717, 1.165) is 5.56 Å². The Morgan fingerprint density at radius 2 is 2.14 bits per heavy atom. The van der Waals surface area contributed by atoms with Crippen molar-refractivity contribution >= 4 is 40.9 Å². The highest BCUT2D eigenvalue weighted by Crippen LogP contribution is 2.15. The van der Waals surface area contributed by atoms with Crippen LogP contribution in [0.4, 0.5) is 5.95 Å². The van der Waals surface area contributed by atoms with Crippen molar-refractivity contribution in [2.45, 2.75) is 6.54 Å². The van der Waals surface area contributed by atoms with E-state index in [1.165, 1.54) is 9.13 Å². The van der Waals surface area contributed by atoms with Crippen LogP contribution in [0.3, 0.4) is 0 Å². The van der Waals surface area contributed by atoms with E-state index in [4.69, 9.17) is 23.8 Å². The second kappa shape index (κ2) is 5.58. The van der Waals surface area contributed by atoms with Crippen molar-refractivity contribution in [3.8, 4) is 0 Å². The fourth-order valence-corrected chi connectivity index (χ4v) is 2.68. The molecule has 0 bridgehead atoms. The maximum Gasteiger partial charge on any atom is 0.330 e. The van der Waals surface area contributed by atoms with Crippen molar-refractivity contribution < 1.29 is 0 Å². The van der Waals surface area contributed by atoms with E-state index >= 15 is 0 Å². The van der Waals surface area contributed by atoms with Gasteiger partial charge in [-0.05, 0) is 17.7 Å². The molecule has 0 aliphatic rings. The molecular weight excluding hydrogens is 322 g/mol. The van der Waals surface area contributed by atoms with Crippen molar-refractivity contribution in [2.24, 2.45) is 14.1 Å². The molecule has 0 saturated heterocycles. The first-order valence-corrected chi connectivity index (χ1v) is 7.40. The lowest BCUT2D eigenvalue weighted by molar-refractivity contribution is 0.721. The average Bonchev–Trinajstić information content (AvgIpc) is 2.93. The van der Waals surface area contributed by atoms with Crippen LogP contribution in [0.15, 0.2) is 29.1 Å². The quantitative estimate of drug-likeness (QED) is 0.722. The van der Waals surface area contributed by atoms with Crippen LogP contribution in [0.2, 0.25) is 5.02 Å². The molecule has 2 heterocycles. The predicted molar refractivity (Wildman–Crippen MR) is 89.9 cm³/mol. The molecule has 0 aliphatic heterocycles. The first-order chi connectivity index (χ1) is 10.5. The van der Waals surface area contributed by atoms with Crippen LogP contribution in [0, 0.1) is 4.64 Å². The zero-order valence-corrected chi connectivity index (χ0v) is 13.6. The number of hydrogen-bond donors (Lipinski definition) is 2. The standard InChI is InChI=1S/C14H14ClN5OS/c1-19-11-10(12(22)20(2)14(19)21)17-13(18-11)16-7-8-4-3-5-9(15)6-8/h3-6H,7H2,1-2H3,(H2,16,17,18). The molecule has 22 heavy (non-hydrogen) atoms. The number of imidazole rings is 1. The number of halogens is 1. The van der Waals surface area contributed by atoms with E-state index in [1.54, 1.807) is 14.1 Å². The van der Waals surface area contributed by atoms with E-state index in [9.17, 15) is 4.79 Å². The summed E-state index contributed by atoms with van der Waals surface area (Å²) in [5.74, 6) is 0.558. The van der Waals surface area contributed by atoms with Gasteiger partial charge in [0, 0.05) is 25.7 Å². The number of aromatic amines is 1. The Morgan fingerprint density at radius 3 is 2.86 bits per heavy atom. The van der Waals surface area contributed by atoms with Gasteiger partial charge in [0.05, 0.1) is 0 Å². The van der Waals surface area contributed by atoms with Crippen LogP contribution in [-0.4, -0.2) is 19.1 Å². The lowest BCUT2D eigenvalue weighted by atomic mass is 10.2. The zero-order valence-electron chi connectivity index (χ0n) is 12.1. The molecule has 0 radical (unpaired) electrons. The summed E-state index contributed by atoms with van der Waals surface area (Å²) in [7, 11) is 3.31. The summed E-state index contributed by atoms with van der Waals surface area (Å²) >= 11 is 11.2. The zero-order chi connectivity index (χ0) is 15.9. The van der Waals surface area contributed by atoms with E-state index in [2.05, 4.69) is 15.3 Å². The Hall–Kier alpha value is -2.12. The summed E-state index contributed by atoms with van der Waals surface area (Å²) in [5, 5.41) is 3.86. The first-order valence-electron chi connectivity index (χ1n) is 6.61. The van der Waals surface area contributed by atoms with Crippen LogP contribution < -0.4 is 11.0 Å². The second-order valence-corrected chi connectivity index (χ2v) is 5.80. The molecule has 1 aromatic carbocycles. The van der Waals surface area contributed by atoms with Crippen molar-refractivity contribution in [2.75, 3.05) is 5.32 Å². The Kier molecular flexibility index (Phi) is 3.76. The van der Waals surface area contributed by atoms with Crippen molar-refractivity contribution in [3.63, 3.8) is 0 Å². The van der Waals surface area contributed by atoms with E-state index in [-0.39, 0.29) is 5.69 Å². The number of fused-ring (bicyclic) bond motifs is 1. The molecule has 8 heteroatoms. The fourth-order valence-electron chi connectivity index (χ4n) is 2.24. The Labute approximate surface area is 136 Å². The number of aryl methyl sites for hydroxylation is 1. The highest BCUT2D eigenvalue weighted by molar-refractivity contribution is 7.71. The fraction of sp³-hybridized carbons (Fsp3) is 0.214. The minimum atomic E-state index is -0.203. The Bertz CT molecular complexity index is 972. The predicted octanol–water partition coefficient (Wildman–Crippen LogP) is 2.60. The third kappa shape index (κ3) is 2.53. The van der Waals surface area contributed by atoms with Gasteiger partial charge < -0.3 is 10.3 Å². The molecule has 0 amide bonds. The van der Waals surface area contributed by atoms with Crippen LogP contribution in [-0.2, 0) is 20.6 Å². The van der Waals surface area contributed by atoms with Crippen molar-refractivity contribution in [3.05, 3.63) is 50.0 Å². The summed E-state index contributed by atoms with van der Waals surface area (Å²) in [5.41, 5.74) is 2.02. The van der Waals surface area contributed by atoms with Gasteiger partial charge in [-0.1, -0.05) is 36.0 Å². The molecule has 0 unspecified atom stereocenters. The van der Waals surface area contributed by atoms with Gasteiger partial charge in [-0.2, -0.15) is 4.98 Å². The molecule has 0 saturated carbocycles. The maximum absolute atomic E-state index is 12.0. The average molecular weight is 336 g/mol.